The van der Waals surface area contributed by atoms with Crippen molar-refractivity contribution < 1.29 is 4.79 Å². The molecule has 0 bridgehead atoms. The summed E-state index contributed by atoms with van der Waals surface area (Å²) in [6, 6.07) is 16.6. The SMILES string of the molecule is Nc1ccnc(N2CCN(Cc3ccc(NC(=O)c4ccccc4Cl)cc3)CC2)n1. The second-order valence-electron chi connectivity index (χ2n) is 7.18. The van der Waals surface area contributed by atoms with Crippen LogP contribution in [0.1, 0.15) is 15.9 Å². The molecule has 30 heavy (non-hydrogen) atoms. The van der Waals surface area contributed by atoms with E-state index in [1.807, 2.05) is 24.3 Å². The number of nitrogens with two attached hydrogens (primary N) is 1. The van der Waals surface area contributed by atoms with Gasteiger partial charge >= 0.3 is 0 Å². The van der Waals surface area contributed by atoms with Gasteiger partial charge in [0.15, 0.2) is 0 Å². The van der Waals surface area contributed by atoms with Crippen LogP contribution < -0.4 is 16.0 Å². The largest absolute Gasteiger partial charge is 0.384 e. The fourth-order valence-electron chi connectivity index (χ4n) is 3.42. The molecular weight excluding hydrogens is 400 g/mol. The van der Waals surface area contributed by atoms with Gasteiger partial charge in [-0.2, -0.15) is 4.98 Å². The number of benzene rings is 2. The molecule has 1 aliphatic heterocycles. The number of halogens is 1. The maximum absolute atomic E-state index is 12.4. The van der Waals surface area contributed by atoms with Gasteiger partial charge in [0.25, 0.3) is 5.91 Å². The standard InChI is InChI=1S/C22H23ClN6O/c23-19-4-2-1-3-18(19)21(30)26-17-7-5-16(6-8-17)15-28-11-13-29(14-12-28)22-25-10-9-20(24)27-22/h1-10H,11-15H2,(H,26,30)(H2,24,25,27). The third kappa shape index (κ3) is 4.87. The number of carbonyl (C=O) groups excluding carboxylic acids is 1. The van der Waals surface area contributed by atoms with Gasteiger partial charge in [-0.05, 0) is 35.9 Å². The van der Waals surface area contributed by atoms with Crippen molar-refractivity contribution in [2.75, 3.05) is 42.1 Å². The van der Waals surface area contributed by atoms with Crippen molar-refractivity contribution >= 4 is 35.0 Å². The number of amides is 1. The molecule has 0 radical (unpaired) electrons. The molecule has 0 atom stereocenters. The van der Waals surface area contributed by atoms with E-state index in [1.54, 1.807) is 36.5 Å². The normalized spacial score (nSPS) is 14.5. The van der Waals surface area contributed by atoms with Crippen LogP contribution in [0, 0.1) is 0 Å². The Labute approximate surface area is 180 Å². The number of piperazine rings is 1. The molecule has 4 rings (SSSR count). The van der Waals surface area contributed by atoms with Crippen LogP contribution in [-0.4, -0.2) is 47.0 Å². The molecule has 1 aromatic heterocycles. The van der Waals surface area contributed by atoms with E-state index in [-0.39, 0.29) is 5.91 Å². The molecule has 3 N–H and O–H groups in total. The van der Waals surface area contributed by atoms with Gasteiger partial charge in [-0.1, -0.05) is 35.9 Å². The van der Waals surface area contributed by atoms with Crippen molar-refractivity contribution in [2.45, 2.75) is 6.54 Å². The van der Waals surface area contributed by atoms with Crippen molar-refractivity contribution in [1.82, 2.24) is 14.9 Å². The highest BCUT2D eigenvalue weighted by molar-refractivity contribution is 6.34. The topological polar surface area (TPSA) is 87.4 Å². The van der Waals surface area contributed by atoms with Gasteiger partial charge in [0.1, 0.15) is 5.82 Å². The maximum Gasteiger partial charge on any atom is 0.257 e. The van der Waals surface area contributed by atoms with E-state index in [4.69, 9.17) is 17.3 Å². The average Bonchev–Trinajstić information content (AvgIpc) is 2.76. The highest BCUT2D eigenvalue weighted by Crippen LogP contribution is 2.19. The summed E-state index contributed by atoms with van der Waals surface area (Å²) in [5.74, 6) is 0.964. The van der Waals surface area contributed by atoms with Gasteiger partial charge in [0.05, 0.1) is 10.6 Å². The molecular formula is C22H23ClN6O. The van der Waals surface area contributed by atoms with Gasteiger partial charge in [-0.15, -0.1) is 0 Å². The van der Waals surface area contributed by atoms with Crippen LogP contribution in [0.5, 0.6) is 0 Å². The van der Waals surface area contributed by atoms with Crippen LogP contribution >= 0.6 is 11.6 Å². The summed E-state index contributed by atoms with van der Waals surface area (Å²) in [4.78, 5) is 25.5. The predicted molar refractivity (Wildman–Crippen MR) is 120 cm³/mol. The quantitative estimate of drug-likeness (QED) is 0.656. The number of hydrogen-bond acceptors (Lipinski definition) is 6. The Balaban J connectivity index is 1.30. The second kappa shape index (κ2) is 9.11. The van der Waals surface area contributed by atoms with Gasteiger partial charge in [0.2, 0.25) is 5.95 Å². The molecule has 2 heterocycles. The summed E-state index contributed by atoms with van der Waals surface area (Å²) >= 11 is 6.09. The Morgan fingerprint density at radius 3 is 2.47 bits per heavy atom. The number of anilines is 3. The van der Waals surface area contributed by atoms with Crippen molar-refractivity contribution in [3.63, 3.8) is 0 Å². The van der Waals surface area contributed by atoms with E-state index in [2.05, 4.69) is 25.1 Å². The molecule has 0 aliphatic carbocycles. The minimum absolute atomic E-state index is 0.215. The molecule has 1 aliphatic rings. The van der Waals surface area contributed by atoms with E-state index in [0.717, 1.165) is 38.4 Å². The molecule has 7 nitrogen and oxygen atoms in total. The lowest BCUT2D eigenvalue weighted by molar-refractivity contribution is 0.102. The lowest BCUT2D eigenvalue weighted by Crippen LogP contribution is -2.46. The Bertz CT molecular complexity index is 1020. The highest BCUT2D eigenvalue weighted by Gasteiger charge is 2.19. The van der Waals surface area contributed by atoms with Crippen LogP contribution in [-0.2, 0) is 6.54 Å². The van der Waals surface area contributed by atoms with E-state index in [1.165, 1.54) is 5.56 Å². The fraction of sp³-hybridized carbons (Fsp3) is 0.227. The molecule has 0 unspecified atom stereocenters. The third-order valence-corrected chi connectivity index (χ3v) is 5.39. The summed E-state index contributed by atoms with van der Waals surface area (Å²) in [6.45, 7) is 4.40. The highest BCUT2D eigenvalue weighted by atomic mass is 35.5. The van der Waals surface area contributed by atoms with Crippen molar-refractivity contribution in [3.8, 4) is 0 Å². The van der Waals surface area contributed by atoms with E-state index in [0.29, 0.717) is 22.4 Å². The van der Waals surface area contributed by atoms with Crippen LogP contribution in [0.3, 0.4) is 0 Å². The number of nitrogens with one attached hydrogen (secondary N) is 1. The Morgan fingerprint density at radius 2 is 1.77 bits per heavy atom. The molecule has 0 spiro atoms. The zero-order valence-corrected chi connectivity index (χ0v) is 17.2. The van der Waals surface area contributed by atoms with E-state index < -0.39 is 0 Å². The minimum atomic E-state index is -0.215. The van der Waals surface area contributed by atoms with E-state index in [9.17, 15) is 4.79 Å². The van der Waals surface area contributed by atoms with Crippen molar-refractivity contribution in [2.24, 2.45) is 0 Å². The number of rotatable bonds is 5. The molecule has 0 saturated carbocycles. The zero-order chi connectivity index (χ0) is 20.9. The Morgan fingerprint density at radius 1 is 1.03 bits per heavy atom. The molecule has 3 aromatic rings. The zero-order valence-electron chi connectivity index (χ0n) is 16.5. The number of aromatic nitrogens is 2. The smallest absolute Gasteiger partial charge is 0.257 e. The summed E-state index contributed by atoms with van der Waals surface area (Å²) in [7, 11) is 0. The lowest BCUT2D eigenvalue weighted by atomic mass is 10.1. The second-order valence-corrected chi connectivity index (χ2v) is 7.58. The summed E-state index contributed by atoms with van der Waals surface area (Å²) in [6.07, 6.45) is 1.69. The molecule has 154 valence electrons. The molecule has 8 heteroatoms. The molecule has 1 fully saturated rings. The van der Waals surface area contributed by atoms with Crippen LogP contribution in [0.4, 0.5) is 17.5 Å². The maximum atomic E-state index is 12.4. The number of hydrogen-bond donors (Lipinski definition) is 2. The Hall–Kier alpha value is -3.16. The van der Waals surface area contributed by atoms with Crippen molar-refractivity contribution in [3.05, 3.63) is 76.9 Å². The van der Waals surface area contributed by atoms with Gasteiger partial charge < -0.3 is 16.0 Å². The van der Waals surface area contributed by atoms with Gasteiger partial charge in [0, 0.05) is 44.6 Å². The summed E-state index contributed by atoms with van der Waals surface area (Å²) < 4.78 is 0. The predicted octanol–water partition coefficient (Wildman–Crippen LogP) is 3.29. The first-order valence-corrected chi connectivity index (χ1v) is 10.2. The monoisotopic (exact) mass is 422 g/mol. The Kier molecular flexibility index (Phi) is 6.11. The first-order valence-electron chi connectivity index (χ1n) is 9.79. The first-order chi connectivity index (χ1) is 14.6. The first kappa shape index (κ1) is 20.1. The van der Waals surface area contributed by atoms with Gasteiger partial charge in [-0.3, -0.25) is 9.69 Å². The number of carbonyl (C=O) groups is 1. The minimum Gasteiger partial charge on any atom is -0.384 e. The van der Waals surface area contributed by atoms with Gasteiger partial charge in [-0.25, -0.2) is 4.98 Å². The van der Waals surface area contributed by atoms with Crippen LogP contribution in [0.2, 0.25) is 5.02 Å². The number of nitrogens with zero attached hydrogens (tertiary/aromatic N) is 4. The summed E-state index contributed by atoms with van der Waals surface area (Å²) in [5, 5.41) is 3.33. The fourth-order valence-corrected chi connectivity index (χ4v) is 3.64. The molecule has 1 amide bonds. The molecule has 1 saturated heterocycles. The lowest BCUT2D eigenvalue weighted by Gasteiger charge is -2.34. The van der Waals surface area contributed by atoms with Crippen LogP contribution in [0.25, 0.3) is 0 Å². The van der Waals surface area contributed by atoms with Crippen LogP contribution in [0.15, 0.2) is 60.8 Å². The third-order valence-electron chi connectivity index (χ3n) is 5.06. The number of nitrogen functional groups attached to an aromatic ring is 1. The summed E-state index contributed by atoms with van der Waals surface area (Å²) in [5.41, 5.74) is 8.16. The van der Waals surface area contributed by atoms with E-state index >= 15 is 0 Å². The van der Waals surface area contributed by atoms with Crippen molar-refractivity contribution in [1.29, 1.82) is 0 Å². The average molecular weight is 423 g/mol. The molecule has 2 aromatic carbocycles.